The second-order valence-electron chi connectivity index (χ2n) is 4.48. The number of nitrogens with zero attached hydrogens (tertiary/aromatic N) is 2. The Morgan fingerprint density at radius 3 is 2.67 bits per heavy atom. The number of methoxy groups -OCH3 is 1. The standard InChI is InChI=1S/C14H11N3O4/c1-21-13(19)9-7-10(8-5-3-2-4-6-8)16-17-11(9)12(18)15-14(17)20/h2-6H,7H2,1H3,(H,15,18,20). The first-order valence-electron chi connectivity index (χ1n) is 6.21. The summed E-state index contributed by atoms with van der Waals surface area (Å²) in [4.78, 5) is 35.4. The summed E-state index contributed by atoms with van der Waals surface area (Å²) in [6.07, 6.45) is 0.128. The van der Waals surface area contributed by atoms with Gasteiger partial charge in [-0.25, -0.2) is 9.59 Å². The van der Waals surface area contributed by atoms with E-state index in [0.29, 0.717) is 5.71 Å². The Hall–Kier alpha value is -2.96. The largest absolute Gasteiger partial charge is 0.466 e. The first kappa shape index (κ1) is 13.0. The fraction of sp³-hybridized carbons (Fsp3) is 0.143. The fourth-order valence-corrected chi connectivity index (χ4v) is 2.26. The van der Waals surface area contributed by atoms with Crippen molar-refractivity contribution in [3.8, 4) is 0 Å². The van der Waals surface area contributed by atoms with Crippen molar-refractivity contribution in [3.63, 3.8) is 0 Å². The van der Waals surface area contributed by atoms with E-state index >= 15 is 0 Å². The first-order chi connectivity index (χ1) is 10.1. The molecule has 0 aliphatic carbocycles. The maximum Gasteiger partial charge on any atom is 0.349 e. The molecule has 21 heavy (non-hydrogen) atoms. The number of amides is 3. The molecule has 1 saturated heterocycles. The average molecular weight is 285 g/mol. The van der Waals surface area contributed by atoms with Crippen LogP contribution in [0.25, 0.3) is 0 Å². The van der Waals surface area contributed by atoms with Gasteiger partial charge in [0, 0.05) is 6.42 Å². The van der Waals surface area contributed by atoms with E-state index in [2.05, 4.69) is 10.4 Å². The number of imide groups is 1. The zero-order valence-electron chi connectivity index (χ0n) is 11.1. The first-order valence-corrected chi connectivity index (χ1v) is 6.21. The van der Waals surface area contributed by atoms with Crippen molar-refractivity contribution in [1.29, 1.82) is 0 Å². The Kier molecular flexibility index (Phi) is 3.02. The molecule has 2 aliphatic heterocycles. The SMILES string of the molecule is COC(=O)C1=C2C(=O)NC(=O)N2N=C(c2ccccc2)C1. The molecule has 0 spiro atoms. The van der Waals surface area contributed by atoms with E-state index in [0.717, 1.165) is 10.6 Å². The maximum absolute atomic E-state index is 11.9. The number of fused-ring (bicyclic) bond motifs is 1. The Morgan fingerprint density at radius 1 is 1.29 bits per heavy atom. The Bertz CT molecular complexity index is 706. The van der Waals surface area contributed by atoms with E-state index in [1.807, 2.05) is 30.3 Å². The number of carbonyl (C=O) groups excluding carboxylic acids is 3. The fourth-order valence-electron chi connectivity index (χ4n) is 2.26. The molecule has 7 heteroatoms. The third kappa shape index (κ3) is 2.08. The van der Waals surface area contributed by atoms with Crippen LogP contribution in [0.5, 0.6) is 0 Å². The van der Waals surface area contributed by atoms with Gasteiger partial charge in [0.05, 0.1) is 18.4 Å². The quantitative estimate of drug-likeness (QED) is 0.642. The van der Waals surface area contributed by atoms with E-state index in [9.17, 15) is 14.4 Å². The van der Waals surface area contributed by atoms with Crippen molar-refractivity contribution in [2.24, 2.45) is 5.10 Å². The third-order valence-electron chi connectivity index (χ3n) is 3.23. The summed E-state index contributed by atoms with van der Waals surface area (Å²) in [6.45, 7) is 0. The summed E-state index contributed by atoms with van der Waals surface area (Å²) in [5, 5.41) is 7.20. The highest BCUT2D eigenvalue weighted by atomic mass is 16.5. The number of ether oxygens (including phenoxy) is 1. The highest BCUT2D eigenvalue weighted by Crippen LogP contribution is 2.27. The van der Waals surface area contributed by atoms with Gasteiger partial charge in [0.1, 0.15) is 5.70 Å². The van der Waals surface area contributed by atoms with Crippen LogP contribution in [0.15, 0.2) is 46.7 Å². The van der Waals surface area contributed by atoms with Crippen LogP contribution in [-0.4, -0.2) is 35.7 Å². The number of nitrogens with one attached hydrogen (secondary N) is 1. The zero-order valence-corrected chi connectivity index (χ0v) is 11.1. The molecule has 1 aromatic carbocycles. The predicted molar refractivity (Wildman–Crippen MR) is 72.0 cm³/mol. The van der Waals surface area contributed by atoms with E-state index in [1.54, 1.807) is 0 Å². The number of urea groups is 1. The van der Waals surface area contributed by atoms with E-state index in [1.165, 1.54) is 7.11 Å². The van der Waals surface area contributed by atoms with Gasteiger partial charge in [0.25, 0.3) is 5.91 Å². The topological polar surface area (TPSA) is 88.1 Å². The van der Waals surface area contributed by atoms with Crippen molar-refractivity contribution >= 4 is 23.6 Å². The molecule has 0 saturated carbocycles. The second kappa shape index (κ2) is 4.86. The zero-order chi connectivity index (χ0) is 15.0. The van der Waals surface area contributed by atoms with Crippen molar-refractivity contribution in [3.05, 3.63) is 47.2 Å². The highest BCUT2D eigenvalue weighted by molar-refractivity contribution is 6.19. The minimum atomic E-state index is -0.676. The number of carbonyl (C=O) groups is 3. The lowest BCUT2D eigenvalue weighted by molar-refractivity contribution is -0.136. The maximum atomic E-state index is 11.9. The number of benzene rings is 1. The molecule has 0 radical (unpaired) electrons. The average Bonchev–Trinajstić information content (AvgIpc) is 2.81. The van der Waals surface area contributed by atoms with Crippen LogP contribution in [0.1, 0.15) is 12.0 Å². The van der Waals surface area contributed by atoms with Gasteiger partial charge in [-0.15, -0.1) is 0 Å². The summed E-state index contributed by atoms with van der Waals surface area (Å²) in [5.41, 5.74) is 1.34. The predicted octanol–water partition coefficient (Wildman–Crippen LogP) is 0.773. The van der Waals surface area contributed by atoms with Crippen molar-refractivity contribution in [1.82, 2.24) is 10.3 Å². The van der Waals surface area contributed by atoms with Crippen LogP contribution in [0.4, 0.5) is 4.79 Å². The Labute approximate surface area is 119 Å². The van der Waals surface area contributed by atoms with Crippen LogP contribution in [-0.2, 0) is 14.3 Å². The lowest BCUT2D eigenvalue weighted by Crippen LogP contribution is -2.29. The molecule has 2 heterocycles. The lowest BCUT2D eigenvalue weighted by atomic mass is 9.99. The summed E-state index contributed by atoms with van der Waals surface area (Å²) in [5.74, 6) is -1.29. The van der Waals surface area contributed by atoms with Gasteiger partial charge >= 0.3 is 12.0 Å². The number of rotatable bonds is 2. The molecule has 0 unspecified atom stereocenters. The van der Waals surface area contributed by atoms with Gasteiger partial charge in [-0.2, -0.15) is 10.1 Å². The van der Waals surface area contributed by atoms with Crippen molar-refractivity contribution < 1.29 is 19.1 Å². The van der Waals surface area contributed by atoms with E-state index < -0.39 is 17.9 Å². The molecule has 106 valence electrons. The number of hydrogen-bond donors (Lipinski definition) is 1. The second-order valence-corrected chi connectivity index (χ2v) is 4.48. The van der Waals surface area contributed by atoms with Gasteiger partial charge < -0.3 is 4.74 Å². The minimum absolute atomic E-state index is 0.0634. The summed E-state index contributed by atoms with van der Waals surface area (Å²) >= 11 is 0. The number of hydrogen-bond acceptors (Lipinski definition) is 5. The van der Waals surface area contributed by atoms with Crippen LogP contribution >= 0.6 is 0 Å². The van der Waals surface area contributed by atoms with Gasteiger partial charge in [0.2, 0.25) is 0 Å². The van der Waals surface area contributed by atoms with Gasteiger partial charge in [-0.3, -0.25) is 10.1 Å². The molecule has 1 N–H and O–H groups in total. The summed E-state index contributed by atoms with van der Waals surface area (Å²) in [7, 11) is 1.23. The molecule has 1 aromatic rings. The molecule has 0 aromatic heterocycles. The Morgan fingerprint density at radius 2 is 2.00 bits per heavy atom. The number of esters is 1. The summed E-state index contributed by atoms with van der Waals surface area (Å²) in [6, 6.07) is 8.45. The molecule has 1 fully saturated rings. The van der Waals surface area contributed by atoms with Gasteiger partial charge in [-0.05, 0) is 5.56 Å². The normalized spacial score (nSPS) is 17.4. The van der Waals surface area contributed by atoms with Crippen LogP contribution in [0.2, 0.25) is 0 Å². The lowest BCUT2D eigenvalue weighted by Gasteiger charge is -2.20. The molecule has 0 atom stereocenters. The molecular formula is C14H11N3O4. The highest BCUT2D eigenvalue weighted by Gasteiger charge is 2.41. The minimum Gasteiger partial charge on any atom is -0.466 e. The van der Waals surface area contributed by atoms with E-state index in [4.69, 9.17) is 4.74 Å². The molecular weight excluding hydrogens is 274 g/mol. The van der Waals surface area contributed by atoms with Crippen molar-refractivity contribution in [2.45, 2.75) is 6.42 Å². The van der Waals surface area contributed by atoms with Crippen LogP contribution < -0.4 is 5.32 Å². The van der Waals surface area contributed by atoms with Crippen LogP contribution in [0.3, 0.4) is 0 Å². The summed E-state index contributed by atoms with van der Waals surface area (Å²) < 4.78 is 4.70. The van der Waals surface area contributed by atoms with E-state index in [-0.39, 0.29) is 17.7 Å². The third-order valence-corrected chi connectivity index (χ3v) is 3.23. The van der Waals surface area contributed by atoms with Crippen molar-refractivity contribution in [2.75, 3.05) is 7.11 Å². The molecule has 0 bridgehead atoms. The molecule has 3 rings (SSSR count). The molecule has 3 amide bonds. The monoisotopic (exact) mass is 285 g/mol. The van der Waals surface area contributed by atoms with Gasteiger partial charge in [0.15, 0.2) is 0 Å². The molecule has 7 nitrogen and oxygen atoms in total. The Balaban J connectivity index is 2.09. The smallest absolute Gasteiger partial charge is 0.349 e. The molecule has 2 aliphatic rings. The van der Waals surface area contributed by atoms with Gasteiger partial charge in [-0.1, -0.05) is 30.3 Å². The van der Waals surface area contributed by atoms with Crippen LogP contribution in [0, 0.1) is 0 Å². The number of hydrazone groups is 1.